The number of carbonyl (C=O) groups excluding carboxylic acids is 3. The maximum absolute atomic E-state index is 12.8. The van der Waals surface area contributed by atoms with Gasteiger partial charge in [-0.15, -0.1) is 0 Å². The second kappa shape index (κ2) is 16.8. The number of aliphatic hydroxyl groups is 2. The molecule has 0 saturated heterocycles. The molecule has 17 heteroatoms. The molecule has 0 aromatic rings. The molecule has 0 aliphatic heterocycles. The number of hydrogen-bond acceptors (Lipinski definition) is 9. The van der Waals surface area contributed by atoms with Gasteiger partial charge in [0.15, 0.2) is 11.9 Å². The molecule has 16 N–H and O–H groups in total. The molecular formula is C18H36N10O7. The van der Waals surface area contributed by atoms with E-state index in [0.29, 0.717) is 6.42 Å². The van der Waals surface area contributed by atoms with Crippen LogP contribution in [0.15, 0.2) is 9.98 Å². The van der Waals surface area contributed by atoms with Gasteiger partial charge < -0.3 is 59.9 Å². The number of amides is 3. The zero-order valence-corrected chi connectivity index (χ0v) is 19.2. The van der Waals surface area contributed by atoms with Crippen molar-refractivity contribution in [1.29, 1.82) is 0 Å². The fourth-order valence-electron chi connectivity index (χ4n) is 2.63. The summed E-state index contributed by atoms with van der Waals surface area (Å²) in [4.78, 5) is 56.0. The zero-order chi connectivity index (χ0) is 27.0. The molecule has 0 radical (unpaired) electrons. The van der Waals surface area contributed by atoms with E-state index < -0.39 is 61.1 Å². The van der Waals surface area contributed by atoms with Gasteiger partial charge in [0.25, 0.3) is 0 Å². The smallest absolute Gasteiger partial charge is 0.328 e. The lowest BCUT2D eigenvalue weighted by molar-refractivity contribution is -0.143. The van der Waals surface area contributed by atoms with Crippen LogP contribution in [-0.4, -0.2) is 101 Å². The minimum Gasteiger partial charge on any atom is -0.480 e. The number of aliphatic imine (C=N–C) groups is 2. The number of carbonyl (C=O) groups is 4. The third-order valence-electron chi connectivity index (χ3n) is 4.50. The van der Waals surface area contributed by atoms with Crippen LogP contribution in [0.1, 0.15) is 25.7 Å². The van der Waals surface area contributed by atoms with Crippen LogP contribution in [0.25, 0.3) is 0 Å². The van der Waals surface area contributed by atoms with E-state index in [9.17, 15) is 24.3 Å². The van der Waals surface area contributed by atoms with Crippen molar-refractivity contribution in [1.82, 2.24) is 16.0 Å². The maximum Gasteiger partial charge on any atom is 0.328 e. The van der Waals surface area contributed by atoms with Crippen LogP contribution in [0.2, 0.25) is 0 Å². The van der Waals surface area contributed by atoms with Crippen molar-refractivity contribution >= 4 is 35.6 Å². The topological polar surface area (TPSA) is 320 Å². The van der Waals surface area contributed by atoms with Gasteiger partial charge in [-0.3, -0.25) is 24.4 Å². The summed E-state index contributed by atoms with van der Waals surface area (Å²) < 4.78 is 0. The first-order chi connectivity index (χ1) is 16.4. The van der Waals surface area contributed by atoms with Crippen molar-refractivity contribution in [2.75, 3.05) is 26.3 Å². The van der Waals surface area contributed by atoms with Crippen molar-refractivity contribution in [3.63, 3.8) is 0 Å². The number of aliphatic hydroxyl groups excluding tert-OH is 2. The van der Waals surface area contributed by atoms with Gasteiger partial charge in [-0.25, -0.2) is 4.79 Å². The van der Waals surface area contributed by atoms with E-state index in [4.69, 9.17) is 38.9 Å². The Morgan fingerprint density at radius 2 is 1.11 bits per heavy atom. The third kappa shape index (κ3) is 13.6. The first-order valence-corrected chi connectivity index (χ1v) is 10.6. The van der Waals surface area contributed by atoms with Crippen LogP contribution in [0.3, 0.4) is 0 Å². The van der Waals surface area contributed by atoms with Gasteiger partial charge in [-0.1, -0.05) is 0 Å². The normalized spacial score (nSPS) is 13.9. The van der Waals surface area contributed by atoms with Crippen molar-refractivity contribution < 1.29 is 34.5 Å². The molecule has 35 heavy (non-hydrogen) atoms. The molecule has 4 atom stereocenters. The lowest BCUT2D eigenvalue weighted by Gasteiger charge is -2.24. The van der Waals surface area contributed by atoms with Crippen LogP contribution >= 0.6 is 0 Å². The Balaban J connectivity index is 5.25. The van der Waals surface area contributed by atoms with E-state index in [2.05, 4.69) is 20.6 Å². The van der Waals surface area contributed by atoms with Crippen LogP contribution in [0, 0.1) is 0 Å². The first-order valence-electron chi connectivity index (χ1n) is 10.6. The maximum atomic E-state index is 12.8. The summed E-state index contributed by atoms with van der Waals surface area (Å²) in [5.41, 5.74) is 26.8. The van der Waals surface area contributed by atoms with E-state index >= 15 is 0 Å². The van der Waals surface area contributed by atoms with E-state index in [1.54, 1.807) is 0 Å². The summed E-state index contributed by atoms with van der Waals surface area (Å²) in [7, 11) is 0. The van der Waals surface area contributed by atoms with Crippen molar-refractivity contribution in [2.45, 2.75) is 49.9 Å². The molecule has 200 valence electrons. The average Bonchev–Trinajstić information content (AvgIpc) is 2.79. The Morgan fingerprint density at radius 3 is 1.57 bits per heavy atom. The van der Waals surface area contributed by atoms with Gasteiger partial charge in [0.2, 0.25) is 17.7 Å². The Hall–Kier alpha value is -3.70. The van der Waals surface area contributed by atoms with Crippen molar-refractivity contribution in [3.8, 4) is 0 Å². The molecule has 0 aromatic heterocycles. The van der Waals surface area contributed by atoms with Crippen molar-refractivity contribution in [3.05, 3.63) is 0 Å². The van der Waals surface area contributed by atoms with E-state index in [1.807, 2.05) is 5.32 Å². The van der Waals surface area contributed by atoms with Crippen molar-refractivity contribution in [2.24, 2.45) is 38.7 Å². The molecule has 0 unspecified atom stereocenters. The minimum absolute atomic E-state index is 0.0449. The number of hydrogen-bond donors (Lipinski definition) is 11. The molecule has 0 aliphatic carbocycles. The highest BCUT2D eigenvalue weighted by Crippen LogP contribution is 2.03. The Kier molecular flexibility index (Phi) is 15.1. The molecule has 0 spiro atoms. The number of nitrogens with one attached hydrogen (secondary N) is 3. The number of nitrogens with two attached hydrogens (primary N) is 5. The Bertz CT molecular complexity index is 769. The molecule has 0 fully saturated rings. The van der Waals surface area contributed by atoms with Crippen LogP contribution < -0.4 is 44.6 Å². The highest BCUT2D eigenvalue weighted by molar-refractivity contribution is 5.94. The number of carboxylic acid groups (broad SMARTS) is 1. The molecular weight excluding hydrogens is 468 g/mol. The predicted molar refractivity (Wildman–Crippen MR) is 125 cm³/mol. The third-order valence-corrected chi connectivity index (χ3v) is 4.50. The molecule has 0 rings (SSSR count). The van der Waals surface area contributed by atoms with Gasteiger partial charge in [-0.05, 0) is 25.7 Å². The monoisotopic (exact) mass is 504 g/mol. The Labute approximate surface area is 201 Å². The minimum atomic E-state index is -1.64. The lowest BCUT2D eigenvalue weighted by atomic mass is 10.1. The number of carboxylic acids is 1. The molecule has 3 amide bonds. The SMILES string of the molecule is NC(N)=NCCC[C@H](NC(=O)[C@@H](N)CCCN=C(N)N)C(=O)N[C@@H](CO)C(=O)N[C@@H](CO)C(=O)O. The number of nitrogens with zero attached hydrogens (tertiary/aromatic N) is 2. The lowest BCUT2D eigenvalue weighted by Crippen LogP contribution is -2.58. The highest BCUT2D eigenvalue weighted by atomic mass is 16.4. The second-order valence-electron chi connectivity index (χ2n) is 7.39. The number of rotatable bonds is 17. The average molecular weight is 505 g/mol. The van der Waals surface area contributed by atoms with Crippen LogP contribution in [-0.2, 0) is 19.2 Å². The summed E-state index contributed by atoms with van der Waals surface area (Å²) in [5.74, 6) is -4.33. The number of guanidine groups is 2. The molecule has 17 nitrogen and oxygen atoms in total. The summed E-state index contributed by atoms with van der Waals surface area (Å²) in [6.07, 6.45) is 0.918. The molecule has 0 bridgehead atoms. The van der Waals surface area contributed by atoms with E-state index in [-0.39, 0.29) is 44.3 Å². The number of aliphatic carboxylic acids is 1. The summed E-state index contributed by atoms with van der Waals surface area (Å²) in [6, 6.07) is -5.37. The fourth-order valence-corrected chi connectivity index (χ4v) is 2.63. The molecule has 0 aromatic carbocycles. The van der Waals surface area contributed by atoms with Gasteiger partial charge in [0.1, 0.15) is 18.1 Å². The second-order valence-corrected chi connectivity index (χ2v) is 7.39. The van der Waals surface area contributed by atoms with Gasteiger partial charge in [0.05, 0.1) is 19.3 Å². The molecule has 0 aliphatic rings. The standard InChI is InChI=1S/C18H36N10O7/c19-9(3-1-5-24-17(20)21)13(31)26-10(4-2-6-25-18(22)23)14(32)27-11(7-29)15(33)28-12(8-30)16(34)35/h9-12,29-30H,1-8,19H2,(H,26,31)(H,27,32)(H,28,33)(H,34,35)(H4,20,21,24)(H4,22,23,25)/t9-,10-,11-,12-/m0/s1. The predicted octanol–water partition coefficient (Wildman–Crippen LogP) is -6.06. The largest absolute Gasteiger partial charge is 0.480 e. The molecule has 0 saturated carbocycles. The fraction of sp³-hybridized carbons (Fsp3) is 0.667. The van der Waals surface area contributed by atoms with Crippen LogP contribution in [0.4, 0.5) is 0 Å². The van der Waals surface area contributed by atoms with E-state index in [0.717, 1.165) is 0 Å². The Morgan fingerprint density at radius 1 is 0.686 bits per heavy atom. The van der Waals surface area contributed by atoms with Crippen LogP contribution in [0.5, 0.6) is 0 Å². The quantitative estimate of drug-likeness (QED) is 0.0500. The molecule has 0 heterocycles. The first kappa shape index (κ1) is 31.3. The van der Waals surface area contributed by atoms with E-state index in [1.165, 1.54) is 0 Å². The van der Waals surface area contributed by atoms with Gasteiger partial charge in [0, 0.05) is 13.1 Å². The van der Waals surface area contributed by atoms with Gasteiger partial charge in [-0.2, -0.15) is 0 Å². The van der Waals surface area contributed by atoms with Gasteiger partial charge >= 0.3 is 5.97 Å². The summed E-state index contributed by atoms with van der Waals surface area (Å²) >= 11 is 0. The zero-order valence-electron chi connectivity index (χ0n) is 19.2. The summed E-state index contributed by atoms with van der Waals surface area (Å²) in [5, 5.41) is 34.1. The highest BCUT2D eigenvalue weighted by Gasteiger charge is 2.29. The summed E-state index contributed by atoms with van der Waals surface area (Å²) in [6.45, 7) is -1.39.